The second-order valence-corrected chi connectivity index (χ2v) is 21.0. The van der Waals surface area contributed by atoms with Crippen molar-refractivity contribution in [2.45, 2.75) is 57.1 Å². The summed E-state index contributed by atoms with van der Waals surface area (Å²) in [7, 11) is -4.89. The molecule has 4 atom stereocenters. The van der Waals surface area contributed by atoms with E-state index in [1.54, 1.807) is 30.3 Å². The molecular formula is C45H40BF6NO6Si. The Morgan fingerprint density at radius 1 is 0.750 bits per heavy atom. The van der Waals surface area contributed by atoms with Crippen molar-refractivity contribution in [2.24, 2.45) is 17.8 Å². The molecular weight excluding hydrogens is 803 g/mol. The minimum absolute atomic E-state index is 0.00156. The average Bonchev–Trinajstić information content (AvgIpc) is 3.46. The highest BCUT2D eigenvalue weighted by atomic mass is 28.4. The van der Waals surface area contributed by atoms with E-state index >= 15 is 0 Å². The molecule has 0 unspecified atom stereocenters. The highest BCUT2D eigenvalue weighted by Crippen LogP contribution is 2.54. The highest BCUT2D eigenvalue weighted by molar-refractivity contribution is 6.99. The van der Waals surface area contributed by atoms with Crippen LogP contribution >= 0.6 is 0 Å². The number of nitrogens with zero attached hydrogens (tertiary/aromatic N) is 1. The first-order valence-electron chi connectivity index (χ1n) is 19.5. The third-order valence-corrected chi connectivity index (χ3v) is 17.2. The fraction of sp³-hybridized carbons (Fsp3) is 0.289. The fourth-order valence-electron chi connectivity index (χ4n) is 9.61. The number of phenols is 1. The number of carbonyl (C=O) groups is 2. The zero-order chi connectivity index (χ0) is 42.9. The molecule has 1 aliphatic carbocycles. The minimum Gasteiger partial charge on any atom is -0.507 e. The smallest absolute Gasteiger partial charge is 0.487 e. The Kier molecular flexibility index (Phi) is 10.4. The molecule has 0 aromatic heterocycles. The number of rotatable bonds is 7. The SMILES string of the molecule is CC(C)(C)[Si](OCC1=C2B(O)O[C@H](c3ccc(O)c4ccccc34)C[C@H]2[C@H]2C(=O)N(c3cc(C(F)(F)F)cc(C(F)(F)F)c3)C(=O)[C@H]2C1)(c1ccccc1)c1ccccc1. The van der Waals surface area contributed by atoms with Crippen LogP contribution in [0.2, 0.25) is 5.04 Å². The summed E-state index contributed by atoms with van der Waals surface area (Å²) in [4.78, 5) is 29.5. The number of hydrogen-bond donors (Lipinski definition) is 2. The maximum atomic E-state index is 14.6. The molecule has 0 spiro atoms. The van der Waals surface area contributed by atoms with E-state index in [9.17, 15) is 46.1 Å². The van der Waals surface area contributed by atoms with E-state index in [2.05, 4.69) is 20.8 Å². The third-order valence-electron chi connectivity index (χ3n) is 12.2. The van der Waals surface area contributed by atoms with E-state index in [0.717, 1.165) is 10.4 Å². The van der Waals surface area contributed by atoms with Crippen LogP contribution < -0.4 is 15.3 Å². The standard InChI is InChI=1S/C45H40BF6NO6Si/c1-43(2,3)60(30-12-6-4-7-13-30,31-14-8-5-9-15-31)58-25-26-20-36-39(42(56)53(41(36)55)29-22-27(44(47,48)49)21-28(23-29)45(50,51)52)35-24-38(59-46(57)40(26)35)34-18-19-37(54)33-17-11-10-16-32(33)34/h4-19,21-23,35-36,38-39,54,57H,20,24-25H2,1-3H3/t35-,36-,38-,39+/m0/s1. The third kappa shape index (κ3) is 7.04. The van der Waals surface area contributed by atoms with Crippen LogP contribution in [0.1, 0.15) is 56.4 Å². The first-order valence-corrected chi connectivity index (χ1v) is 21.4. The molecule has 2 fully saturated rings. The Labute approximate surface area is 343 Å². The summed E-state index contributed by atoms with van der Waals surface area (Å²) in [6.07, 6.45) is -11.5. The first-order chi connectivity index (χ1) is 28.3. The van der Waals surface area contributed by atoms with Crippen molar-refractivity contribution in [1.82, 2.24) is 0 Å². The number of aromatic hydroxyl groups is 1. The van der Waals surface area contributed by atoms with Crippen LogP contribution in [-0.4, -0.2) is 44.0 Å². The van der Waals surface area contributed by atoms with Crippen molar-refractivity contribution < 1.29 is 55.1 Å². The largest absolute Gasteiger partial charge is 0.507 e. The molecule has 0 saturated carbocycles. The Hall–Kier alpha value is -5.22. The summed E-state index contributed by atoms with van der Waals surface area (Å²) < 4.78 is 97.9. The van der Waals surface area contributed by atoms with Gasteiger partial charge in [-0.05, 0) is 80.4 Å². The van der Waals surface area contributed by atoms with E-state index in [-0.39, 0.29) is 36.7 Å². The summed E-state index contributed by atoms with van der Waals surface area (Å²) in [5.74, 6) is -5.36. The number of anilines is 1. The van der Waals surface area contributed by atoms with Crippen LogP contribution in [0.15, 0.2) is 126 Å². The average molecular weight is 844 g/mol. The number of imide groups is 1. The maximum Gasteiger partial charge on any atom is 0.487 e. The topological polar surface area (TPSA) is 96.3 Å². The van der Waals surface area contributed by atoms with Gasteiger partial charge in [-0.25, -0.2) is 4.90 Å². The van der Waals surface area contributed by atoms with E-state index in [0.29, 0.717) is 38.9 Å². The molecule has 0 bridgehead atoms. The molecule has 2 amide bonds. The normalized spacial score (nSPS) is 21.4. The van der Waals surface area contributed by atoms with E-state index in [1.165, 1.54) is 6.07 Å². The van der Waals surface area contributed by atoms with Crippen LogP contribution in [0, 0.1) is 17.8 Å². The molecule has 3 aliphatic rings. The van der Waals surface area contributed by atoms with Gasteiger partial charge in [-0.1, -0.05) is 112 Å². The molecule has 2 saturated heterocycles. The predicted octanol–water partition coefficient (Wildman–Crippen LogP) is 8.76. The summed E-state index contributed by atoms with van der Waals surface area (Å²) in [6, 6.07) is 30.2. The zero-order valence-electron chi connectivity index (χ0n) is 32.7. The molecule has 2 N–H and O–H groups in total. The molecule has 7 nitrogen and oxygen atoms in total. The number of benzene rings is 5. The minimum atomic E-state index is -5.22. The monoisotopic (exact) mass is 843 g/mol. The quantitative estimate of drug-likeness (QED) is 0.0967. The molecule has 8 rings (SSSR count). The number of carbonyl (C=O) groups excluding carboxylic acids is 2. The van der Waals surface area contributed by atoms with Crippen molar-refractivity contribution in [3.05, 3.63) is 143 Å². The van der Waals surface area contributed by atoms with Gasteiger partial charge in [0.1, 0.15) is 5.75 Å². The Morgan fingerprint density at radius 2 is 1.30 bits per heavy atom. The van der Waals surface area contributed by atoms with Crippen molar-refractivity contribution in [3.8, 4) is 5.75 Å². The second kappa shape index (κ2) is 15.0. The lowest BCUT2D eigenvalue weighted by atomic mass is 9.55. The van der Waals surface area contributed by atoms with Crippen molar-refractivity contribution in [2.75, 3.05) is 11.5 Å². The summed E-state index contributed by atoms with van der Waals surface area (Å²) in [5.41, 5.74) is -2.86. The number of alkyl halides is 6. The predicted molar refractivity (Wildman–Crippen MR) is 217 cm³/mol. The number of phenolic OH excluding ortho intramolecular Hbond substituents is 1. The molecule has 310 valence electrons. The molecule has 15 heteroatoms. The van der Waals surface area contributed by atoms with Gasteiger partial charge in [0.05, 0.1) is 41.4 Å². The molecule has 2 aliphatic heterocycles. The lowest BCUT2D eigenvalue weighted by Crippen LogP contribution is -2.66. The van der Waals surface area contributed by atoms with E-state index < -0.39 is 85.3 Å². The van der Waals surface area contributed by atoms with Gasteiger partial charge in [-0.2, -0.15) is 26.3 Å². The van der Waals surface area contributed by atoms with Gasteiger partial charge in [0.25, 0.3) is 8.32 Å². The van der Waals surface area contributed by atoms with Gasteiger partial charge in [0.2, 0.25) is 11.8 Å². The second-order valence-electron chi connectivity index (χ2n) is 16.7. The van der Waals surface area contributed by atoms with Crippen LogP contribution in [0.4, 0.5) is 32.0 Å². The number of hydrogen-bond acceptors (Lipinski definition) is 6. The molecule has 60 heavy (non-hydrogen) atoms. The first kappa shape index (κ1) is 41.5. The molecule has 5 aromatic carbocycles. The maximum absolute atomic E-state index is 14.6. The van der Waals surface area contributed by atoms with Crippen LogP contribution in [0.25, 0.3) is 10.8 Å². The fourth-order valence-corrected chi connectivity index (χ4v) is 14.2. The molecule has 5 aromatic rings. The Morgan fingerprint density at radius 3 is 1.85 bits per heavy atom. The lowest BCUT2D eigenvalue weighted by molar-refractivity contribution is -0.143. The van der Waals surface area contributed by atoms with Crippen molar-refractivity contribution in [1.29, 1.82) is 0 Å². The van der Waals surface area contributed by atoms with Crippen LogP contribution in [0.3, 0.4) is 0 Å². The zero-order valence-corrected chi connectivity index (χ0v) is 33.7. The van der Waals surface area contributed by atoms with Gasteiger partial charge in [-0.3, -0.25) is 9.59 Å². The van der Waals surface area contributed by atoms with Gasteiger partial charge in [0.15, 0.2) is 0 Å². The van der Waals surface area contributed by atoms with E-state index in [1.807, 2.05) is 60.7 Å². The number of halogens is 6. The van der Waals surface area contributed by atoms with Gasteiger partial charge in [0, 0.05) is 5.39 Å². The Bertz CT molecular complexity index is 2440. The number of amides is 2. The van der Waals surface area contributed by atoms with Crippen molar-refractivity contribution >= 4 is 54.1 Å². The van der Waals surface area contributed by atoms with Gasteiger partial charge in [-0.15, -0.1) is 0 Å². The Balaban J connectivity index is 1.26. The number of fused-ring (bicyclic) bond motifs is 4. The molecule has 0 radical (unpaired) electrons. The lowest BCUT2D eigenvalue weighted by Gasteiger charge is -2.45. The van der Waals surface area contributed by atoms with Crippen LogP contribution in [-0.2, 0) is 31.0 Å². The summed E-state index contributed by atoms with van der Waals surface area (Å²) >= 11 is 0. The van der Waals surface area contributed by atoms with E-state index in [4.69, 9.17) is 9.08 Å². The summed E-state index contributed by atoms with van der Waals surface area (Å²) in [6.45, 7) is 6.09. The summed E-state index contributed by atoms with van der Waals surface area (Å²) in [5, 5.41) is 25.2. The van der Waals surface area contributed by atoms with Gasteiger partial charge >= 0.3 is 19.5 Å². The van der Waals surface area contributed by atoms with Crippen LogP contribution in [0.5, 0.6) is 5.75 Å². The number of allylic oxidation sites excluding steroid dienone is 1. The van der Waals surface area contributed by atoms with Gasteiger partial charge < -0.3 is 19.2 Å². The highest BCUT2D eigenvalue weighted by Gasteiger charge is 2.59. The van der Waals surface area contributed by atoms with Crippen molar-refractivity contribution in [3.63, 3.8) is 0 Å². The molecule has 2 heterocycles.